The van der Waals surface area contributed by atoms with Crippen molar-refractivity contribution in [1.29, 1.82) is 0 Å². The van der Waals surface area contributed by atoms with Crippen molar-refractivity contribution in [3.05, 3.63) is 47.2 Å². The zero-order chi connectivity index (χ0) is 27.7. The van der Waals surface area contributed by atoms with Gasteiger partial charge in [-0.3, -0.25) is 14.6 Å². The van der Waals surface area contributed by atoms with Crippen LogP contribution in [0.3, 0.4) is 0 Å². The van der Waals surface area contributed by atoms with E-state index in [1.807, 2.05) is 43.3 Å². The maximum absolute atomic E-state index is 11.8. The number of rotatable bonds is 11. The number of halogens is 1. The van der Waals surface area contributed by atoms with Crippen molar-refractivity contribution in [3.8, 4) is 11.5 Å². The lowest BCUT2D eigenvalue weighted by atomic mass is 9.98. The molecule has 2 aromatic carbocycles. The molecule has 2 aliphatic rings. The Morgan fingerprint density at radius 1 is 1.02 bits per heavy atom. The van der Waals surface area contributed by atoms with Gasteiger partial charge in [-0.25, -0.2) is 9.97 Å². The van der Waals surface area contributed by atoms with Gasteiger partial charge in [-0.2, -0.15) is 0 Å². The molecule has 9 nitrogen and oxygen atoms in total. The van der Waals surface area contributed by atoms with Gasteiger partial charge in [0.25, 0.3) is 0 Å². The number of esters is 1. The van der Waals surface area contributed by atoms with E-state index >= 15 is 0 Å². The summed E-state index contributed by atoms with van der Waals surface area (Å²) in [6.45, 7) is 7.40. The molecule has 2 heterocycles. The highest BCUT2D eigenvalue weighted by molar-refractivity contribution is 9.10. The molecule has 3 aromatic rings. The molecule has 0 spiro atoms. The van der Waals surface area contributed by atoms with E-state index in [1.54, 1.807) is 6.33 Å². The van der Waals surface area contributed by atoms with E-state index in [9.17, 15) is 4.79 Å². The molecular formula is C30H38BrN5O4. The van der Waals surface area contributed by atoms with Crippen LogP contribution in [0.5, 0.6) is 11.5 Å². The van der Waals surface area contributed by atoms with Gasteiger partial charge in [0, 0.05) is 54.3 Å². The standard InChI is InChI=1S/C30H38BrN5O4/c1-2-38-29(37)20-36-13-11-35(12-14-36)15-16-39-27-18-25-26(19-28(27)40-24-9-4-3-5-10-24)32-21-33-30(25)34-23-8-6-7-22(31)17-23/h6-8,17-19,21,24H,2-5,9-16,20H2,1H3,(H,32,33,34). The van der Waals surface area contributed by atoms with Gasteiger partial charge in [0.1, 0.15) is 18.8 Å². The molecule has 5 rings (SSSR count). The summed E-state index contributed by atoms with van der Waals surface area (Å²) in [5.41, 5.74) is 1.74. The smallest absolute Gasteiger partial charge is 0.320 e. The number of benzene rings is 2. The van der Waals surface area contributed by atoms with Gasteiger partial charge in [-0.05, 0) is 56.9 Å². The van der Waals surface area contributed by atoms with Crippen molar-refractivity contribution in [2.75, 3.05) is 57.8 Å². The lowest BCUT2D eigenvalue weighted by Gasteiger charge is -2.34. The molecule has 0 radical (unpaired) electrons. The van der Waals surface area contributed by atoms with Crippen LogP contribution < -0.4 is 14.8 Å². The van der Waals surface area contributed by atoms with Crippen LogP contribution in [0.1, 0.15) is 39.0 Å². The summed E-state index contributed by atoms with van der Waals surface area (Å²) >= 11 is 3.54. The third kappa shape index (κ3) is 7.83. The quantitative estimate of drug-likeness (QED) is 0.286. The number of ether oxygens (including phenoxy) is 3. The first kappa shape index (κ1) is 28.6. The number of hydrogen-bond acceptors (Lipinski definition) is 9. The van der Waals surface area contributed by atoms with Crippen molar-refractivity contribution in [3.63, 3.8) is 0 Å². The van der Waals surface area contributed by atoms with Crippen LogP contribution in [0.15, 0.2) is 47.2 Å². The number of anilines is 2. The highest BCUT2D eigenvalue weighted by atomic mass is 79.9. The number of nitrogens with zero attached hydrogens (tertiary/aromatic N) is 4. The predicted octanol–water partition coefficient (Wildman–Crippen LogP) is 5.41. The van der Waals surface area contributed by atoms with E-state index in [0.29, 0.717) is 25.5 Å². The van der Waals surface area contributed by atoms with Crippen molar-refractivity contribution in [1.82, 2.24) is 19.8 Å². The molecule has 2 fully saturated rings. The molecule has 0 unspecified atom stereocenters. The first-order chi connectivity index (χ1) is 19.6. The molecular weight excluding hydrogens is 574 g/mol. The van der Waals surface area contributed by atoms with Crippen LogP contribution >= 0.6 is 15.9 Å². The highest BCUT2D eigenvalue weighted by Gasteiger charge is 2.21. The molecule has 1 N–H and O–H groups in total. The summed E-state index contributed by atoms with van der Waals surface area (Å²) in [5.74, 6) is 2.02. The summed E-state index contributed by atoms with van der Waals surface area (Å²) in [4.78, 5) is 25.4. The van der Waals surface area contributed by atoms with E-state index in [0.717, 1.165) is 78.2 Å². The fourth-order valence-corrected chi connectivity index (χ4v) is 5.68. The van der Waals surface area contributed by atoms with Gasteiger partial charge >= 0.3 is 5.97 Å². The highest BCUT2D eigenvalue weighted by Crippen LogP contribution is 2.37. The SMILES string of the molecule is CCOC(=O)CN1CCN(CCOc2cc3c(Nc4cccc(Br)c4)ncnc3cc2OC2CCCCC2)CC1. The molecule has 1 aromatic heterocycles. The topological polar surface area (TPSA) is 89.1 Å². The second kappa shape index (κ2) is 14.1. The second-order valence-electron chi connectivity index (χ2n) is 10.3. The van der Waals surface area contributed by atoms with E-state index < -0.39 is 0 Å². The number of nitrogens with one attached hydrogen (secondary N) is 1. The molecule has 10 heteroatoms. The Morgan fingerprint density at radius 2 is 1.82 bits per heavy atom. The van der Waals surface area contributed by atoms with E-state index in [4.69, 9.17) is 14.2 Å². The summed E-state index contributed by atoms with van der Waals surface area (Å²) in [5, 5.41) is 4.30. The van der Waals surface area contributed by atoms with Crippen LogP contribution in [0.2, 0.25) is 0 Å². The Bertz CT molecular complexity index is 1280. The zero-order valence-corrected chi connectivity index (χ0v) is 24.7. The Balaban J connectivity index is 1.28. The average molecular weight is 613 g/mol. The molecule has 1 aliphatic heterocycles. The molecule has 1 aliphatic carbocycles. The molecule has 0 bridgehead atoms. The molecule has 0 atom stereocenters. The minimum Gasteiger partial charge on any atom is -0.488 e. The number of hydrogen-bond donors (Lipinski definition) is 1. The molecule has 40 heavy (non-hydrogen) atoms. The molecule has 1 saturated carbocycles. The summed E-state index contributed by atoms with van der Waals surface area (Å²) < 4.78 is 19.0. The minimum absolute atomic E-state index is 0.154. The Labute approximate surface area is 244 Å². The van der Waals surface area contributed by atoms with Crippen molar-refractivity contribution in [2.45, 2.75) is 45.1 Å². The summed E-state index contributed by atoms with van der Waals surface area (Å²) in [6, 6.07) is 12.0. The fourth-order valence-electron chi connectivity index (χ4n) is 5.28. The molecule has 214 valence electrons. The van der Waals surface area contributed by atoms with Crippen LogP contribution in [0, 0.1) is 0 Å². The Kier molecular flexibility index (Phi) is 10.1. The molecule has 1 saturated heterocycles. The summed E-state index contributed by atoms with van der Waals surface area (Å²) in [6.07, 6.45) is 7.56. The Hall–Kier alpha value is -2.95. The number of piperazine rings is 1. The van der Waals surface area contributed by atoms with Gasteiger partial charge < -0.3 is 19.5 Å². The summed E-state index contributed by atoms with van der Waals surface area (Å²) in [7, 11) is 0. The predicted molar refractivity (Wildman–Crippen MR) is 159 cm³/mol. The van der Waals surface area contributed by atoms with E-state index in [-0.39, 0.29) is 12.1 Å². The van der Waals surface area contributed by atoms with Crippen molar-refractivity contribution >= 4 is 44.3 Å². The third-order valence-electron chi connectivity index (χ3n) is 7.42. The fraction of sp³-hybridized carbons (Fsp3) is 0.500. The van der Waals surface area contributed by atoms with E-state index in [2.05, 4.69) is 41.0 Å². The lowest BCUT2D eigenvalue weighted by Crippen LogP contribution is -2.49. The maximum Gasteiger partial charge on any atom is 0.320 e. The largest absolute Gasteiger partial charge is 0.488 e. The van der Waals surface area contributed by atoms with Gasteiger partial charge in [-0.1, -0.05) is 28.4 Å². The number of carbonyl (C=O) groups is 1. The first-order valence-corrected chi connectivity index (χ1v) is 15.1. The minimum atomic E-state index is -0.154. The van der Waals surface area contributed by atoms with Gasteiger partial charge in [-0.15, -0.1) is 0 Å². The van der Waals surface area contributed by atoms with Crippen LogP contribution in [-0.4, -0.2) is 84.3 Å². The van der Waals surface area contributed by atoms with Crippen LogP contribution in [-0.2, 0) is 9.53 Å². The maximum atomic E-state index is 11.8. The van der Waals surface area contributed by atoms with Crippen molar-refractivity contribution in [2.24, 2.45) is 0 Å². The van der Waals surface area contributed by atoms with E-state index in [1.165, 1.54) is 19.3 Å². The van der Waals surface area contributed by atoms with Gasteiger partial charge in [0.05, 0.1) is 24.8 Å². The third-order valence-corrected chi connectivity index (χ3v) is 7.92. The zero-order valence-electron chi connectivity index (χ0n) is 23.1. The second-order valence-corrected chi connectivity index (χ2v) is 11.2. The lowest BCUT2D eigenvalue weighted by molar-refractivity contribution is -0.144. The first-order valence-electron chi connectivity index (χ1n) is 14.3. The van der Waals surface area contributed by atoms with Crippen LogP contribution in [0.25, 0.3) is 10.9 Å². The number of carbonyl (C=O) groups excluding carboxylic acids is 1. The number of fused-ring (bicyclic) bond motifs is 1. The normalized spacial score (nSPS) is 17.1. The Morgan fingerprint density at radius 3 is 2.60 bits per heavy atom. The van der Waals surface area contributed by atoms with Crippen LogP contribution in [0.4, 0.5) is 11.5 Å². The van der Waals surface area contributed by atoms with Crippen molar-refractivity contribution < 1.29 is 19.0 Å². The van der Waals surface area contributed by atoms with Gasteiger partial charge in [0.15, 0.2) is 11.5 Å². The monoisotopic (exact) mass is 611 g/mol. The average Bonchev–Trinajstić information content (AvgIpc) is 2.95. The molecule has 0 amide bonds. The van der Waals surface area contributed by atoms with Gasteiger partial charge in [0.2, 0.25) is 0 Å². The number of aromatic nitrogens is 2.